The van der Waals surface area contributed by atoms with Gasteiger partial charge in [0.15, 0.2) is 5.65 Å². The molecule has 1 aliphatic carbocycles. The molecule has 1 fully saturated rings. The molecule has 4 aromatic heterocycles. The van der Waals surface area contributed by atoms with Crippen molar-refractivity contribution < 1.29 is 13.9 Å². The van der Waals surface area contributed by atoms with Crippen LogP contribution in [-0.4, -0.2) is 30.8 Å². The van der Waals surface area contributed by atoms with Crippen LogP contribution in [0.25, 0.3) is 32.4 Å². The van der Waals surface area contributed by atoms with Gasteiger partial charge in [0, 0.05) is 65.8 Å². The van der Waals surface area contributed by atoms with Crippen LogP contribution in [-0.2, 0) is 7.05 Å². The van der Waals surface area contributed by atoms with Gasteiger partial charge in [-0.2, -0.15) is 5.10 Å². The van der Waals surface area contributed by atoms with Crippen molar-refractivity contribution in [1.29, 1.82) is 0 Å². The average molecular weight is 386 g/mol. The van der Waals surface area contributed by atoms with Crippen LogP contribution in [0.15, 0.2) is 36.8 Å². The number of rotatable bonds is 3. The summed E-state index contributed by atoms with van der Waals surface area (Å²) in [6.07, 6.45) is 4.07. The van der Waals surface area contributed by atoms with Crippen LogP contribution in [0.2, 0.25) is 0 Å². The van der Waals surface area contributed by atoms with Crippen molar-refractivity contribution in [2.45, 2.75) is 24.9 Å². The minimum absolute atomic E-state index is 0.252. The summed E-state index contributed by atoms with van der Waals surface area (Å²) in [6, 6.07) is 5.81. The summed E-state index contributed by atoms with van der Waals surface area (Å²) in [4.78, 5) is 9.55. The first-order valence-corrected chi connectivity index (χ1v) is 9.45. The fourth-order valence-electron chi connectivity index (χ4n) is 3.59. The Kier molecular flexibility index (Phi) is 3.57. The highest BCUT2D eigenvalue weighted by molar-refractivity contribution is 7.19. The molecule has 1 aliphatic rings. The van der Waals surface area contributed by atoms with E-state index in [4.69, 9.17) is 0 Å². The van der Waals surface area contributed by atoms with Crippen LogP contribution in [0.3, 0.4) is 0 Å². The van der Waals surface area contributed by atoms with Gasteiger partial charge in [-0.15, -0.1) is 11.3 Å². The largest absolute Gasteiger partial charge is 0.387 e. The lowest BCUT2D eigenvalue weighted by Crippen LogP contribution is -2.38. The van der Waals surface area contributed by atoms with E-state index in [1.54, 1.807) is 23.1 Å². The zero-order valence-electron chi connectivity index (χ0n) is 14.4. The van der Waals surface area contributed by atoms with E-state index < -0.39 is 12.0 Å². The molecule has 0 radical (unpaired) electrons. The normalized spacial score (nSPS) is 18.1. The maximum Gasteiger partial charge on any atom is 0.248 e. The standard InChI is InChI=1S/C19H16F2N4OS/c1-25-9-12-2-10(8-23-18(12)24-25)11-3-15-14(22-7-11)4-16(27-15)17(26)13-5-19(20,21)6-13/h2-4,7-9,13,17,26H,5-6H2,1H3. The fraction of sp³-hybridized carbons (Fsp3) is 0.316. The number of thiophene rings is 1. The predicted molar refractivity (Wildman–Crippen MR) is 99.8 cm³/mol. The van der Waals surface area contributed by atoms with Crippen LogP contribution in [0.1, 0.15) is 23.8 Å². The van der Waals surface area contributed by atoms with Crippen molar-refractivity contribution in [3.8, 4) is 11.1 Å². The number of aromatic nitrogens is 4. The second-order valence-corrected chi connectivity index (χ2v) is 8.28. The van der Waals surface area contributed by atoms with E-state index in [1.807, 2.05) is 25.4 Å². The fourth-order valence-corrected chi connectivity index (χ4v) is 4.73. The van der Waals surface area contributed by atoms with Crippen LogP contribution in [0.4, 0.5) is 8.78 Å². The molecule has 5 nitrogen and oxygen atoms in total. The smallest absolute Gasteiger partial charge is 0.248 e. The summed E-state index contributed by atoms with van der Waals surface area (Å²) in [6.45, 7) is 0. The van der Waals surface area contributed by atoms with Gasteiger partial charge in [-0.25, -0.2) is 13.8 Å². The third-order valence-corrected chi connectivity index (χ3v) is 6.20. The summed E-state index contributed by atoms with van der Waals surface area (Å²) in [5.41, 5.74) is 3.30. The number of halogens is 2. The SMILES string of the molecule is Cn1cc2cc(-c3cnc4cc(C(O)C5CC(F)(F)C5)sc4c3)cnc2n1. The minimum Gasteiger partial charge on any atom is -0.387 e. The van der Waals surface area contributed by atoms with Gasteiger partial charge in [0.05, 0.1) is 16.3 Å². The van der Waals surface area contributed by atoms with Gasteiger partial charge in [0.2, 0.25) is 5.92 Å². The van der Waals surface area contributed by atoms with Crippen molar-refractivity contribution in [2.24, 2.45) is 13.0 Å². The number of hydrogen-bond donors (Lipinski definition) is 1. The molecule has 1 saturated carbocycles. The molecule has 1 N–H and O–H groups in total. The Morgan fingerprint density at radius 2 is 1.93 bits per heavy atom. The van der Waals surface area contributed by atoms with Crippen molar-refractivity contribution in [1.82, 2.24) is 19.7 Å². The molecule has 5 rings (SSSR count). The number of fused-ring (bicyclic) bond motifs is 2. The summed E-state index contributed by atoms with van der Waals surface area (Å²) >= 11 is 1.41. The maximum absolute atomic E-state index is 13.1. The van der Waals surface area contributed by atoms with Gasteiger partial charge in [0.1, 0.15) is 0 Å². The number of nitrogens with zero attached hydrogens (tertiary/aromatic N) is 4. The van der Waals surface area contributed by atoms with Gasteiger partial charge < -0.3 is 5.11 Å². The van der Waals surface area contributed by atoms with E-state index in [0.717, 1.165) is 26.7 Å². The van der Waals surface area contributed by atoms with Crippen molar-refractivity contribution >= 4 is 32.6 Å². The van der Waals surface area contributed by atoms with Crippen molar-refractivity contribution in [3.63, 3.8) is 0 Å². The van der Waals surface area contributed by atoms with Crippen molar-refractivity contribution in [3.05, 3.63) is 41.7 Å². The first-order valence-electron chi connectivity index (χ1n) is 8.63. The molecular weight excluding hydrogens is 370 g/mol. The third kappa shape index (κ3) is 2.89. The summed E-state index contributed by atoms with van der Waals surface area (Å²) < 4.78 is 28.8. The summed E-state index contributed by atoms with van der Waals surface area (Å²) in [7, 11) is 1.85. The van der Waals surface area contributed by atoms with Crippen LogP contribution >= 0.6 is 11.3 Å². The second-order valence-electron chi connectivity index (χ2n) is 7.16. The lowest BCUT2D eigenvalue weighted by molar-refractivity contribution is -0.141. The molecule has 8 heteroatoms. The number of aliphatic hydroxyl groups is 1. The molecule has 4 heterocycles. The number of hydrogen-bond acceptors (Lipinski definition) is 5. The highest BCUT2D eigenvalue weighted by atomic mass is 32.1. The number of aryl methyl sites for hydroxylation is 1. The molecule has 138 valence electrons. The van der Waals surface area contributed by atoms with E-state index in [-0.39, 0.29) is 18.8 Å². The Morgan fingerprint density at radius 3 is 2.70 bits per heavy atom. The Labute approximate surface area is 157 Å². The number of pyridine rings is 2. The molecule has 1 unspecified atom stereocenters. The molecule has 0 amide bonds. The zero-order chi connectivity index (χ0) is 18.8. The lowest BCUT2D eigenvalue weighted by Gasteiger charge is -2.37. The Morgan fingerprint density at radius 1 is 1.19 bits per heavy atom. The highest BCUT2D eigenvalue weighted by Gasteiger charge is 2.48. The van der Waals surface area contributed by atoms with E-state index in [1.165, 1.54) is 11.3 Å². The molecule has 1 atom stereocenters. The first kappa shape index (κ1) is 16.7. The third-order valence-electron chi connectivity index (χ3n) is 5.06. The first-order chi connectivity index (χ1) is 12.9. The zero-order valence-corrected chi connectivity index (χ0v) is 15.2. The molecule has 27 heavy (non-hydrogen) atoms. The van der Waals surface area contributed by atoms with E-state index >= 15 is 0 Å². The lowest BCUT2D eigenvalue weighted by atomic mass is 9.77. The van der Waals surface area contributed by atoms with Crippen LogP contribution < -0.4 is 0 Å². The molecule has 0 spiro atoms. The van der Waals surface area contributed by atoms with Crippen molar-refractivity contribution in [2.75, 3.05) is 0 Å². The average Bonchev–Trinajstić information content (AvgIpc) is 3.19. The molecule has 4 aromatic rings. The summed E-state index contributed by atoms with van der Waals surface area (Å²) in [5, 5.41) is 15.6. The minimum atomic E-state index is -2.63. The monoisotopic (exact) mass is 386 g/mol. The Hall–Kier alpha value is -2.45. The Balaban J connectivity index is 1.47. The molecule has 0 aromatic carbocycles. The van der Waals surface area contributed by atoms with Gasteiger partial charge in [-0.1, -0.05) is 0 Å². The molecule has 0 bridgehead atoms. The van der Waals surface area contributed by atoms with Gasteiger partial charge >= 0.3 is 0 Å². The van der Waals surface area contributed by atoms with E-state index in [0.29, 0.717) is 10.5 Å². The van der Waals surface area contributed by atoms with Gasteiger partial charge in [-0.3, -0.25) is 9.67 Å². The highest BCUT2D eigenvalue weighted by Crippen LogP contribution is 2.49. The predicted octanol–water partition coefficient (Wildman–Crippen LogP) is 4.32. The second kappa shape index (κ2) is 5.77. The molecular formula is C19H16F2N4OS. The topological polar surface area (TPSA) is 63.8 Å². The van der Waals surface area contributed by atoms with Gasteiger partial charge in [-0.05, 0) is 18.2 Å². The summed E-state index contributed by atoms with van der Waals surface area (Å²) in [5.74, 6) is -3.02. The van der Waals surface area contributed by atoms with Gasteiger partial charge in [0.25, 0.3) is 0 Å². The van der Waals surface area contributed by atoms with E-state index in [9.17, 15) is 13.9 Å². The number of alkyl halides is 2. The molecule has 0 aliphatic heterocycles. The van der Waals surface area contributed by atoms with Crippen LogP contribution in [0.5, 0.6) is 0 Å². The molecule has 0 saturated heterocycles. The Bertz CT molecular complexity index is 1160. The van der Waals surface area contributed by atoms with E-state index in [2.05, 4.69) is 15.1 Å². The number of aliphatic hydroxyl groups excluding tert-OH is 1. The van der Waals surface area contributed by atoms with Crippen LogP contribution in [0, 0.1) is 5.92 Å². The maximum atomic E-state index is 13.1. The quantitative estimate of drug-likeness (QED) is 0.569.